The van der Waals surface area contributed by atoms with Crippen LogP contribution >= 0.6 is 0 Å². The van der Waals surface area contributed by atoms with Gasteiger partial charge in [0.15, 0.2) is 0 Å². The molecule has 25 heavy (non-hydrogen) atoms. The maximum Gasteiger partial charge on any atom is 0.234 e. The number of carbonyl (C=O) groups is 1. The summed E-state index contributed by atoms with van der Waals surface area (Å²) in [6, 6.07) is 17.9. The lowest BCUT2D eigenvalue weighted by Crippen LogP contribution is -2.52. The fourth-order valence-electron chi connectivity index (χ4n) is 4.04. The van der Waals surface area contributed by atoms with E-state index >= 15 is 0 Å². The van der Waals surface area contributed by atoms with Gasteiger partial charge in [0.05, 0.1) is 5.41 Å². The lowest BCUT2D eigenvalue weighted by molar-refractivity contribution is -0.133. The van der Waals surface area contributed by atoms with Gasteiger partial charge in [-0.15, -0.1) is 0 Å². The third-order valence-corrected chi connectivity index (χ3v) is 5.25. The summed E-state index contributed by atoms with van der Waals surface area (Å²) in [6.07, 6.45) is 0.369. The highest BCUT2D eigenvalue weighted by molar-refractivity contribution is 5.96. The van der Waals surface area contributed by atoms with E-state index in [-0.39, 0.29) is 18.1 Å². The van der Waals surface area contributed by atoms with Crippen LogP contribution in [-0.2, 0) is 9.53 Å². The van der Waals surface area contributed by atoms with Crippen molar-refractivity contribution in [2.24, 2.45) is 5.41 Å². The Kier molecular flexibility index (Phi) is 4.82. The largest absolute Gasteiger partial charge is 0.360 e. The molecule has 4 heteroatoms. The first kappa shape index (κ1) is 17.5. The number of rotatable bonds is 3. The molecular weight excluding hydrogens is 312 g/mol. The molecule has 0 radical (unpaired) electrons. The Morgan fingerprint density at radius 3 is 2.48 bits per heavy atom. The molecule has 132 valence electrons. The maximum atomic E-state index is 13.2. The Morgan fingerprint density at radius 2 is 1.80 bits per heavy atom. The van der Waals surface area contributed by atoms with E-state index in [1.54, 1.807) is 7.11 Å². The second-order valence-corrected chi connectivity index (χ2v) is 7.10. The number of carbonyl (C=O) groups excluding carboxylic acids is 1. The Hall–Kier alpha value is -2.33. The minimum absolute atomic E-state index is 0.0166. The summed E-state index contributed by atoms with van der Waals surface area (Å²) in [4.78, 5) is 15.3. The number of amides is 1. The maximum absolute atomic E-state index is 13.2. The summed E-state index contributed by atoms with van der Waals surface area (Å²) in [5.74, 6) is 0.238. The van der Waals surface area contributed by atoms with E-state index in [9.17, 15) is 4.79 Å². The number of methoxy groups -OCH3 is 1. The molecule has 1 N–H and O–H groups in total. The van der Waals surface area contributed by atoms with Crippen LogP contribution in [0.5, 0.6) is 0 Å². The molecular formula is C21H26N2O2. The van der Waals surface area contributed by atoms with Crippen molar-refractivity contribution in [1.29, 1.82) is 0 Å². The van der Waals surface area contributed by atoms with Crippen molar-refractivity contribution in [2.75, 3.05) is 24.4 Å². The van der Waals surface area contributed by atoms with Crippen LogP contribution in [0.2, 0.25) is 0 Å². The Bertz CT molecular complexity index is 747. The number of ether oxygens (including phenoxy) is 1. The number of nitrogens with one attached hydrogen (secondary N) is 1. The van der Waals surface area contributed by atoms with Crippen LogP contribution in [0.25, 0.3) is 0 Å². The lowest BCUT2D eigenvalue weighted by atomic mass is 9.77. The quantitative estimate of drug-likeness (QED) is 0.910. The van der Waals surface area contributed by atoms with Crippen molar-refractivity contribution in [1.82, 2.24) is 0 Å². The van der Waals surface area contributed by atoms with Crippen molar-refractivity contribution in [3.63, 3.8) is 0 Å². The zero-order valence-corrected chi connectivity index (χ0v) is 15.3. The summed E-state index contributed by atoms with van der Waals surface area (Å²) in [6.45, 7) is 4.18. The van der Waals surface area contributed by atoms with Crippen LogP contribution in [0.4, 0.5) is 11.4 Å². The predicted molar refractivity (Wildman–Crippen MR) is 102 cm³/mol. The molecule has 3 atom stereocenters. The number of hydrogen-bond acceptors (Lipinski definition) is 3. The molecule has 0 bridgehead atoms. The van der Waals surface area contributed by atoms with Crippen LogP contribution in [0.15, 0.2) is 54.6 Å². The van der Waals surface area contributed by atoms with E-state index in [4.69, 9.17) is 4.74 Å². The molecule has 1 heterocycles. The average molecular weight is 338 g/mol. The summed E-state index contributed by atoms with van der Waals surface area (Å²) in [5, 5.41) is 3.07. The van der Waals surface area contributed by atoms with Crippen molar-refractivity contribution in [3.8, 4) is 0 Å². The first-order valence-electron chi connectivity index (χ1n) is 8.68. The van der Waals surface area contributed by atoms with Crippen molar-refractivity contribution in [2.45, 2.75) is 32.4 Å². The Balaban J connectivity index is 1.98. The summed E-state index contributed by atoms with van der Waals surface area (Å²) >= 11 is 0. The zero-order chi connectivity index (χ0) is 18.0. The second-order valence-electron chi connectivity index (χ2n) is 7.10. The fourth-order valence-corrected chi connectivity index (χ4v) is 4.04. The van der Waals surface area contributed by atoms with Gasteiger partial charge >= 0.3 is 0 Å². The summed E-state index contributed by atoms with van der Waals surface area (Å²) < 4.78 is 5.83. The van der Waals surface area contributed by atoms with Crippen molar-refractivity contribution < 1.29 is 9.53 Å². The highest BCUT2D eigenvalue weighted by Crippen LogP contribution is 2.45. The van der Waals surface area contributed by atoms with E-state index in [2.05, 4.69) is 35.3 Å². The van der Waals surface area contributed by atoms with Gasteiger partial charge in [-0.3, -0.25) is 4.79 Å². The van der Waals surface area contributed by atoms with E-state index in [0.29, 0.717) is 6.42 Å². The molecule has 1 aliphatic heterocycles. The van der Waals surface area contributed by atoms with Crippen molar-refractivity contribution >= 4 is 17.3 Å². The number of benzene rings is 2. The monoisotopic (exact) mass is 338 g/mol. The van der Waals surface area contributed by atoms with E-state index in [1.807, 2.05) is 50.4 Å². The highest BCUT2D eigenvalue weighted by Gasteiger charge is 2.47. The molecule has 0 saturated carbocycles. The number of para-hydroxylation sites is 2. The second kappa shape index (κ2) is 6.89. The smallest absolute Gasteiger partial charge is 0.234 e. The highest BCUT2D eigenvalue weighted by atomic mass is 16.5. The minimum Gasteiger partial charge on any atom is -0.360 e. The van der Waals surface area contributed by atoms with Crippen LogP contribution in [0.1, 0.15) is 31.7 Å². The number of nitrogens with zero attached hydrogens (tertiary/aromatic N) is 1. The van der Waals surface area contributed by atoms with Crippen LogP contribution < -0.4 is 10.2 Å². The van der Waals surface area contributed by atoms with E-state index < -0.39 is 5.41 Å². The molecule has 0 spiro atoms. The SMILES string of the molecule is CO[C@H]1N(C)c2ccccc2[C@H](C)C[C@@]1(C)C(=O)Nc1ccccc1. The standard InChI is InChI=1S/C21H26N2O2/c1-15-14-21(2,19(24)22-16-10-6-5-7-11-16)20(25-4)23(3)18-13-9-8-12-17(15)18/h5-13,15,20H,14H2,1-4H3,(H,22,24)/t15-,20-,21+/m1/s1. The normalized spacial score (nSPS) is 25.8. The van der Waals surface area contributed by atoms with Gasteiger partial charge in [-0.25, -0.2) is 0 Å². The van der Waals surface area contributed by atoms with Gasteiger partial charge in [-0.05, 0) is 43.0 Å². The number of hydrogen-bond donors (Lipinski definition) is 1. The lowest BCUT2D eigenvalue weighted by Gasteiger charge is -2.39. The molecule has 0 unspecified atom stereocenters. The van der Waals surface area contributed by atoms with Gasteiger partial charge in [-0.1, -0.05) is 43.3 Å². The zero-order valence-electron chi connectivity index (χ0n) is 15.3. The Labute approximate surface area is 149 Å². The van der Waals surface area contributed by atoms with Gasteiger partial charge in [0.2, 0.25) is 5.91 Å². The first-order valence-corrected chi connectivity index (χ1v) is 8.68. The average Bonchev–Trinajstić information content (AvgIpc) is 2.70. The predicted octanol–water partition coefficient (Wildman–Crippen LogP) is 4.25. The summed E-state index contributed by atoms with van der Waals surface area (Å²) in [5.41, 5.74) is 2.50. The minimum atomic E-state index is -0.683. The third kappa shape index (κ3) is 3.14. The molecule has 1 aliphatic rings. The molecule has 0 saturated heterocycles. The molecule has 4 nitrogen and oxygen atoms in total. The molecule has 2 aromatic rings. The van der Waals surface area contributed by atoms with Crippen LogP contribution in [0.3, 0.4) is 0 Å². The van der Waals surface area contributed by atoms with E-state index in [0.717, 1.165) is 11.4 Å². The molecule has 0 fully saturated rings. The molecule has 1 amide bonds. The molecule has 0 aromatic heterocycles. The van der Waals surface area contributed by atoms with Gasteiger partial charge in [0, 0.05) is 25.5 Å². The van der Waals surface area contributed by atoms with Crippen molar-refractivity contribution in [3.05, 3.63) is 60.2 Å². The third-order valence-electron chi connectivity index (χ3n) is 5.25. The Morgan fingerprint density at radius 1 is 1.16 bits per heavy atom. The molecule has 2 aromatic carbocycles. The first-order chi connectivity index (χ1) is 12.0. The van der Waals surface area contributed by atoms with Gasteiger partial charge in [0.1, 0.15) is 6.23 Å². The van der Waals surface area contributed by atoms with Crippen LogP contribution in [-0.4, -0.2) is 26.3 Å². The van der Waals surface area contributed by atoms with Gasteiger partial charge < -0.3 is 15.0 Å². The van der Waals surface area contributed by atoms with Crippen LogP contribution in [0, 0.1) is 5.41 Å². The van der Waals surface area contributed by atoms with Gasteiger partial charge in [-0.2, -0.15) is 0 Å². The molecule has 3 rings (SSSR count). The molecule has 0 aliphatic carbocycles. The number of anilines is 2. The topological polar surface area (TPSA) is 41.6 Å². The van der Waals surface area contributed by atoms with Gasteiger partial charge in [0.25, 0.3) is 0 Å². The number of fused-ring (bicyclic) bond motifs is 1. The fraction of sp³-hybridized carbons (Fsp3) is 0.381. The summed E-state index contributed by atoms with van der Waals surface area (Å²) in [7, 11) is 3.67. The van der Waals surface area contributed by atoms with E-state index in [1.165, 1.54) is 5.56 Å².